The minimum absolute atomic E-state index is 0.0332. The largest absolute Gasteiger partial charge is 0.477 e. The summed E-state index contributed by atoms with van der Waals surface area (Å²) >= 11 is 7.02. The lowest BCUT2D eigenvalue weighted by atomic mass is 10.2. The van der Waals surface area contributed by atoms with E-state index in [0.717, 1.165) is 16.9 Å². The number of nitrogens with one attached hydrogen (secondary N) is 1. The Bertz CT molecular complexity index is 749. The number of benzene rings is 1. The number of halogens is 1. The molecule has 1 aromatic carbocycles. The number of thiophene rings is 1. The van der Waals surface area contributed by atoms with Crippen LogP contribution in [0.5, 0.6) is 0 Å². The highest BCUT2D eigenvalue weighted by atomic mass is 35.5. The molecule has 0 radical (unpaired) electrons. The number of carboxylic acids is 1. The highest BCUT2D eigenvalue weighted by molar-refractivity contribution is 7.18. The van der Waals surface area contributed by atoms with Crippen LogP contribution in [0.2, 0.25) is 5.02 Å². The fraction of sp³-hybridized carbons (Fsp3) is 0.250. The standard InChI is InChI=1S/C16H16ClNO4S/c1-16(2,3)22-15(21)18-11-8-12(23-13(11)14(19)20)9-5-4-6-10(17)7-9/h4-8H,1-3H3,(H,18,21)(H,19,20). The first-order valence-corrected chi connectivity index (χ1v) is 7.98. The zero-order chi connectivity index (χ0) is 17.2. The van der Waals surface area contributed by atoms with Gasteiger partial charge in [0.2, 0.25) is 0 Å². The summed E-state index contributed by atoms with van der Waals surface area (Å²) in [6, 6.07) is 8.66. The number of anilines is 1. The maximum absolute atomic E-state index is 11.9. The minimum atomic E-state index is -1.12. The summed E-state index contributed by atoms with van der Waals surface area (Å²) in [5.41, 5.74) is 0.313. The molecule has 2 aromatic rings. The Hall–Kier alpha value is -2.05. The topological polar surface area (TPSA) is 75.6 Å². The van der Waals surface area contributed by atoms with E-state index in [2.05, 4.69) is 5.32 Å². The second kappa shape index (κ2) is 6.60. The van der Waals surface area contributed by atoms with Gasteiger partial charge in [-0.3, -0.25) is 5.32 Å². The molecule has 0 aliphatic rings. The van der Waals surface area contributed by atoms with Crippen molar-refractivity contribution in [3.63, 3.8) is 0 Å². The van der Waals surface area contributed by atoms with Crippen LogP contribution < -0.4 is 5.32 Å². The lowest BCUT2D eigenvalue weighted by molar-refractivity contribution is 0.0636. The van der Waals surface area contributed by atoms with Crippen molar-refractivity contribution < 1.29 is 19.4 Å². The summed E-state index contributed by atoms with van der Waals surface area (Å²) in [7, 11) is 0. The number of carbonyl (C=O) groups is 2. The smallest absolute Gasteiger partial charge is 0.412 e. The van der Waals surface area contributed by atoms with Crippen LogP contribution in [-0.4, -0.2) is 22.8 Å². The Morgan fingerprint density at radius 1 is 1.26 bits per heavy atom. The molecule has 0 atom stereocenters. The predicted octanol–water partition coefficient (Wildman–Crippen LogP) is 5.11. The van der Waals surface area contributed by atoms with Gasteiger partial charge in [-0.1, -0.05) is 23.7 Å². The summed E-state index contributed by atoms with van der Waals surface area (Å²) in [5, 5.41) is 12.4. The lowest BCUT2D eigenvalue weighted by Crippen LogP contribution is -2.27. The van der Waals surface area contributed by atoms with E-state index in [1.165, 1.54) is 0 Å². The summed E-state index contributed by atoms with van der Waals surface area (Å²) in [4.78, 5) is 24.0. The number of carbonyl (C=O) groups excluding carboxylic acids is 1. The van der Waals surface area contributed by atoms with Crippen molar-refractivity contribution in [3.8, 4) is 10.4 Å². The van der Waals surface area contributed by atoms with Crippen LogP contribution in [0.1, 0.15) is 30.4 Å². The molecule has 1 amide bonds. The molecule has 7 heteroatoms. The van der Waals surface area contributed by atoms with Gasteiger partial charge in [0.05, 0.1) is 5.69 Å². The number of hydrogen-bond acceptors (Lipinski definition) is 4. The molecule has 0 aliphatic heterocycles. The van der Waals surface area contributed by atoms with E-state index < -0.39 is 17.7 Å². The average Bonchev–Trinajstić information content (AvgIpc) is 2.80. The normalized spacial score (nSPS) is 11.1. The second-order valence-corrected chi connectivity index (χ2v) is 7.28. The number of aromatic carboxylic acids is 1. The zero-order valence-corrected chi connectivity index (χ0v) is 14.4. The first-order valence-electron chi connectivity index (χ1n) is 6.79. The Morgan fingerprint density at radius 2 is 1.96 bits per heavy atom. The Kier molecular flexibility index (Phi) is 4.97. The van der Waals surface area contributed by atoms with E-state index in [1.807, 2.05) is 6.07 Å². The summed E-state index contributed by atoms with van der Waals surface area (Å²) < 4.78 is 5.15. The quantitative estimate of drug-likeness (QED) is 0.803. The number of carboxylic acid groups (broad SMARTS) is 1. The van der Waals surface area contributed by atoms with Crippen molar-refractivity contribution in [2.75, 3.05) is 5.32 Å². The number of ether oxygens (including phenoxy) is 1. The van der Waals surface area contributed by atoms with Gasteiger partial charge in [0, 0.05) is 9.90 Å². The number of hydrogen-bond donors (Lipinski definition) is 2. The average molecular weight is 354 g/mol. The molecule has 23 heavy (non-hydrogen) atoms. The van der Waals surface area contributed by atoms with E-state index >= 15 is 0 Å². The maximum Gasteiger partial charge on any atom is 0.412 e. The highest BCUT2D eigenvalue weighted by Crippen LogP contribution is 2.36. The molecule has 0 saturated heterocycles. The molecule has 0 aliphatic carbocycles. The monoisotopic (exact) mass is 353 g/mol. The van der Waals surface area contributed by atoms with Crippen LogP contribution in [0.25, 0.3) is 10.4 Å². The Balaban J connectivity index is 2.32. The third kappa shape index (κ3) is 4.71. The van der Waals surface area contributed by atoms with E-state index in [-0.39, 0.29) is 10.6 Å². The van der Waals surface area contributed by atoms with Crippen LogP contribution in [0.15, 0.2) is 30.3 Å². The SMILES string of the molecule is CC(C)(C)OC(=O)Nc1cc(-c2cccc(Cl)c2)sc1C(=O)O. The van der Waals surface area contributed by atoms with Crippen molar-refractivity contribution in [2.45, 2.75) is 26.4 Å². The minimum Gasteiger partial charge on any atom is -0.477 e. The predicted molar refractivity (Wildman–Crippen MR) is 91.6 cm³/mol. The lowest BCUT2D eigenvalue weighted by Gasteiger charge is -2.19. The van der Waals surface area contributed by atoms with Crippen LogP contribution in [0.3, 0.4) is 0 Å². The molecule has 0 saturated carbocycles. The molecule has 2 N–H and O–H groups in total. The van der Waals surface area contributed by atoms with E-state index in [4.69, 9.17) is 16.3 Å². The fourth-order valence-corrected chi connectivity index (χ4v) is 2.98. The van der Waals surface area contributed by atoms with Gasteiger partial charge < -0.3 is 9.84 Å². The molecule has 122 valence electrons. The molecule has 5 nitrogen and oxygen atoms in total. The Labute approximate surface area is 142 Å². The molecule has 0 spiro atoms. The van der Waals surface area contributed by atoms with Gasteiger partial charge in [0.15, 0.2) is 0 Å². The van der Waals surface area contributed by atoms with E-state index in [9.17, 15) is 14.7 Å². The van der Waals surface area contributed by atoms with Crippen molar-refractivity contribution in [1.82, 2.24) is 0 Å². The van der Waals surface area contributed by atoms with Crippen molar-refractivity contribution in [1.29, 1.82) is 0 Å². The molecular weight excluding hydrogens is 338 g/mol. The Morgan fingerprint density at radius 3 is 2.52 bits per heavy atom. The van der Waals surface area contributed by atoms with E-state index in [1.54, 1.807) is 45.0 Å². The summed E-state index contributed by atoms with van der Waals surface area (Å²) in [5.74, 6) is -1.12. The van der Waals surface area contributed by atoms with Gasteiger partial charge in [0.25, 0.3) is 0 Å². The van der Waals surface area contributed by atoms with Gasteiger partial charge in [-0.05, 0) is 44.5 Å². The van der Waals surface area contributed by atoms with Crippen LogP contribution in [-0.2, 0) is 4.74 Å². The molecule has 1 aromatic heterocycles. The highest BCUT2D eigenvalue weighted by Gasteiger charge is 2.21. The molecule has 0 bridgehead atoms. The maximum atomic E-state index is 11.9. The second-order valence-electron chi connectivity index (χ2n) is 5.80. The first kappa shape index (κ1) is 17.3. The molecule has 0 unspecified atom stereocenters. The zero-order valence-electron chi connectivity index (χ0n) is 12.8. The summed E-state index contributed by atoms with van der Waals surface area (Å²) in [6.07, 6.45) is -0.699. The van der Waals surface area contributed by atoms with Crippen molar-refractivity contribution in [3.05, 3.63) is 40.2 Å². The third-order valence-electron chi connectivity index (χ3n) is 2.67. The van der Waals surface area contributed by atoms with Crippen LogP contribution in [0, 0.1) is 0 Å². The van der Waals surface area contributed by atoms with E-state index in [0.29, 0.717) is 9.90 Å². The molecule has 1 heterocycles. The molecule has 2 rings (SSSR count). The van der Waals surface area contributed by atoms with Gasteiger partial charge >= 0.3 is 12.1 Å². The summed E-state index contributed by atoms with van der Waals surface area (Å²) in [6.45, 7) is 5.20. The van der Waals surface area contributed by atoms with Gasteiger partial charge in [-0.15, -0.1) is 11.3 Å². The number of rotatable bonds is 3. The van der Waals surface area contributed by atoms with Gasteiger partial charge in [-0.2, -0.15) is 0 Å². The molecular formula is C16H16ClNO4S. The van der Waals surface area contributed by atoms with Crippen LogP contribution >= 0.6 is 22.9 Å². The fourth-order valence-electron chi connectivity index (χ4n) is 1.84. The van der Waals surface area contributed by atoms with Crippen LogP contribution in [0.4, 0.5) is 10.5 Å². The third-order valence-corrected chi connectivity index (χ3v) is 4.08. The van der Waals surface area contributed by atoms with Crippen molar-refractivity contribution >= 4 is 40.7 Å². The number of amides is 1. The van der Waals surface area contributed by atoms with Crippen molar-refractivity contribution in [2.24, 2.45) is 0 Å². The van der Waals surface area contributed by atoms with Gasteiger partial charge in [-0.25, -0.2) is 9.59 Å². The molecule has 0 fully saturated rings. The van der Waals surface area contributed by atoms with Gasteiger partial charge in [0.1, 0.15) is 10.5 Å². The first-order chi connectivity index (χ1) is 10.7.